The highest BCUT2D eigenvalue weighted by Gasteiger charge is 2.21. The molecule has 0 unspecified atom stereocenters. The average molecular weight is 351 g/mol. The van der Waals surface area contributed by atoms with Crippen LogP contribution in [0.1, 0.15) is 5.56 Å². The van der Waals surface area contributed by atoms with E-state index in [-0.39, 0.29) is 15.7 Å². The number of rotatable bonds is 3. The first kappa shape index (κ1) is 15.4. The Morgan fingerprint density at radius 1 is 1.00 bits per heavy atom. The summed E-state index contributed by atoms with van der Waals surface area (Å²) in [5.41, 5.74) is 6.44. The number of anilines is 1. The Bertz CT molecular complexity index is 740. The zero-order valence-corrected chi connectivity index (χ0v) is 13.2. The molecule has 2 N–H and O–H groups in total. The van der Waals surface area contributed by atoms with Crippen molar-refractivity contribution in [2.45, 2.75) is 10.6 Å². The van der Waals surface area contributed by atoms with Gasteiger partial charge in [0.25, 0.3) is 0 Å². The van der Waals surface area contributed by atoms with Gasteiger partial charge < -0.3 is 5.73 Å². The van der Waals surface area contributed by atoms with Crippen molar-refractivity contribution in [1.82, 2.24) is 0 Å². The van der Waals surface area contributed by atoms with Gasteiger partial charge in [0.1, 0.15) is 0 Å². The summed E-state index contributed by atoms with van der Waals surface area (Å²) in [6, 6.07) is 9.10. The van der Waals surface area contributed by atoms with Crippen LogP contribution in [-0.4, -0.2) is 8.42 Å². The van der Waals surface area contributed by atoms with Gasteiger partial charge in [-0.05, 0) is 30.3 Å². The van der Waals surface area contributed by atoms with Crippen molar-refractivity contribution in [3.8, 4) is 0 Å². The molecule has 3 nitrogen and oxygen atoms in total. The van der Waals surface area contributed by atoms with E-state index in [4.69, 9.17) is 40.5 Å². The number of nitrogens with two attached hydrogens (primary N) is 1. The lowest BCUT2D eigenvalue weighted by Gasteiger charge is -2.10. The molecule has 0 spiro atoms. The third-order valence-electron chi connectivity index (χ3n) is 2.72. The minimum atomic E-state index is -3.69. The van der Waals surface area contributed by atoms with Crippen LogP contribution in [0.2, 0.25) is 15.1 Å². The lowest BCUT2D eigenvalue weighted by molar-refractivity contribution is 0.595. The monoisotopic (exact) mass is 349 g/mol. The van der Waals surface area contributed by atoms with Crippen molar-refractivity contribution >= 4 is 50.3 Å². The zero-order chi connectivity index (χ0) is 14.9. The van der Waals surface area contributed by atoms with Crippen molar-refractivity contribution < 1.29 is 8.42 Å². The van der Waals surface area contributed by atoms with Crippen molar-refractivity contribution in [3.05, 3.63) is 57.0 Å². The molecule has 0 fully saturated rings. The molecule has 0 radical (unpaired) electrons. The number of halogens is 3. The molecule has 2 aromatic carbocycles. The van der Waals surface area contributed by atoms with E-state index in [9.17, 15) is 8.42 Å². The summed E-state index contributed by atoms with van der Waals surface area (Å²) in [7, 11) is -3.69. The van der Waals surface area contributed by atoms with Crippen LogP contribution in [0.15, 0.2) is 41.3 Å². The molecule has 0 aliphatic heterocycles. The van der Waals surface area contributed by atoms with Crippen molar-refractivity contribution in [3.63, 3.8) is 0 Å². The Kier molecular flexibility index (Phi) is 4.49. The summed E-state index contributed by atoms with van der Waals surface area (Å²) in [5.74, 6) is -0.335. The van der Waals surface area contributed by atoms with Crippen LogP contribution in [0.25, 0.3) is 0 Å². The van der Waals surface area contributed by atoms with Crippen LogP contribution >= 0.6 is 34.8 Å². The highest BCUT2D eigenvalue weighted by molar-refractivity contribution is 7.90. The molecule has 0 saturated carbocycles. The van der Waals surface area contributed by atoms with Crippen molar-refractivity contribution in [2.24, 2.45) is 0 Å². The Labute approximate surface area is 132 Å². The summed E-state index contributed by atoms with van der Waals surface area (Å²) >= 11 is 17.7. The van der Waals surface area contributed by atoms with E-state index < -0.39 is 9.84 Å². The molecule has 20 heavy (non-hydrogen) atoms. The normalized spacial score (nSPS) is 11.6. The Balaban J connectivity index is 2.49. The van der Waals surface area contributed by atoms with Gasteiger partial charge in [0.2, 0.25) is 0 Å². The fourth-order valence-corrected chi connectivity index (χ4v) is 4.28. The van der Waals surface area contributed by atoms with Gasteiger partial charge in [-0.15, -0.1) is 0 Å². The van der Waals surface area contributed by atoms with Crippen LogP contribution in [0, 0.1) is 0 Å². The topological polar surface area (TPSA) is 60.2 Å². The van der Waals surface area contributed by atoms with E-state index >= 15 is 0 Å². The predicted octanol–water partition coefficient (Wildman–Crippen LogP) is 4.20. The van der Waals surface area contributed by atoms with Crippen LogP contribution < -0.4 is 5.73 Å². The van der Waals surface area contributed by atoms with Gasteiger partial charge in [0, 0.05) is 21.3 Å². The molecule has 0 saturated heterocycles. The van der Waals surface area contributed by atoms with E-state index in [0.29, 0.717) is 21.3 Å². The molecular formula is C13H10Cl3NO2S. The van der Waals surface area contributed by atoms with E-state index in [2.05, 4.69) is 0 Å². The first-order valence-corrected chi connectivity index (χ1v) is 8.30. The number of hydrogen-bond donors (Lipinski definition) is 1. The van der Waals surface area contributed by atoms with Crippen molar-refractivity contribution in [1.29, 1.82) is 0 Å². The summed E-state index contributed by atoms with van der Waals surface area (Å²) < 4.78 is 24.8. The number of nitrogen functional groups attached to an aromatic ring is 1. The van der Waals surface area contributed by atoms with Gasteiger partial charge in [0.05, 0.1) is 15.7 Å². The maximum absolute atomic E-state index is 12.4. The molecule has 0 aliphatic rings. The second-order valence-corrected chi connectivity index (χ2v) is 7.35. The third-order valence-corrected chi connectivity index (χ3v) is 5.43. The average Bonchev–Trinajstić information content (AvgIpc) is 2.37. The molecule has 2 aromatic rings. The van der Waals surface area contributed by atoms with Gasteiger partial charge in [-0.25, -0.2) is 8.42 Å². The summed E-state index contributed by atoms with van der Waals surface area (Å²) in [4.78, 5) is -0.0361. The maximum Gasteiger partial charge on any atom is 0.184 e. The van der Waals surface area contributed by atoms with Gasteiger partial charge in [-0.1, -0.05) is 40.9 Å². The van der Waals surface area contributed by atoms with E-state index in [1.807, 2.05) is 0 Å². The van der Waals surface area contributed by atoms with E-state index in [1.54, 1.807) is 18.2 Å². The van der Waals surface area contributed by atoms with Crippen LogP contribution in [0.5, 0.6) is 0 Å². The fourth-order valence-electron chi connectivity index (χ4n) is 1.71. The van der Waals surface area contributed by atoms with E-state index in [0.717, 1.165) is 0 Å². The minimum Gasteiger partial charge on any atom is -0.398 e. The van der Waals surface area contributed by atoms with Crippen LogP contribution in [0.4, 0.5) is 5.69 Å². The predicted molar refractivity (Wildman–Crippen MR) is 83.2 cm³/mol. The van der Waals surface area contributed by atoms with Crippen LogP contribution in [0.3, 0.4) is 0 Å². The van der Waals surface area contributed by atoms with Gasteiger partial charge in [-0.2, -0.15) is 0 Å². The molecule has 0 atom stereocenters. The minimum absolute atomic E-state index is 0.0361. The molecule has 106 valence electrons. The molecule has 0 aromatic heterocycles. The standard InChI is InChI=1S/C13H10Cl3NO2S/c14-8-4-5-11(16)13(6-8)20(18,19)7-9-10(15)2-1-3-12(9)17/h1-6H,7,17H2. The molecule has 7 heteroatoms. The maximum atomic E-state index is 12.4. The smallest absolute Gasteiger partial charge is 0.184 e. The third kappa shape index (κ3) is 3.20. The van der Waals surface area contributed by atoms with Gasteiger partial charge >= 0.3 is 0 Å². The quantitative estimate of drug-likeness (QED) is 0.844. The van der Waals surface area contributed by atoms with Gasteiger partial charge in [0.15, 0.2) is 9.84 Å². The second kappa shape index (κ2) is 5.82. The number of hydrogen-bond acceptors (Lipinski definition) is 3. The lowest BCUT2D eigenvalue weighted by atomic mass is 10.2. The van der Waals surface area contributed by atoms with Crippen molar-refractivity contribution in [2.75, 3.05) is 5.73 Å². The Morgan fingerprint density at radius 3 is 2.35 bits per heavy atom. The summed E-state index contributed by atoms with van der Waals surface area (Å²) in [6.07, 6.45) is 0. The molecule has 0 amide bonds. The first-order chi connectivity index (χ1) is 9.31. The Morgan fingerprint density at radius 2 is 1.70 bits per heavy atom. The fraction of sp³-hybridized carbons (Fsp3) is 0.0769. The molecule has 0 bridgehead atoms. The highest BCUT2D eigenvalue weighted by Crippen LogP contribution is 2.31. The Hall–Kier alpha value is -0.940. The van der Waals surface area contributed by atoms with Gasteiger partial charge in [-0.3, -0.25) is 0 Å². The number of sulfone groups is 1. The SMILES string of the molecule is Nc1cccc(Cl)c1CS(=O)(=O)c1cc(Cl)ccc1Cl. The zero-order valence-electron chi connectivity index (χ0n) is 10.1. The molecular weight excluding hydrogens is 341 g/mol. The molecule has 2 rings (SSSR count). The lowest BCUT2D eigenvalue weighted by Crippen LogP contribution is -2.08. The van der Waals surface area contributed by atoms with Crippen LogP contribution in [-0.2, 0) is 15.6 Å². The molecule has 0 heterocycles. The van der Waals surface area contributed by atoms with E-state index in [1.165, 1.54) is 18.2 Å². The second-order valence-electron chi connectivity index (χ2n) is 4.14. The molecule has 0 aliphatic carbocycles. The number of benzene rings is 2. The largest absolute Gasteiger partial charge is 0.398 e. The summed E-state index contributed by atoms with van der Waals surface area (Å²) in [6.45, 7) is 0. The highest BCUT2D eigenvalue weighted by atomic mass is 35.5. The first-order valence-electron chi connectivity index (χ1n) is 5.52. The summed E-state index contributed by atoms with van der Waals surface area (Å²) in [5, 5.41) is 0.701.